The van der Waals surface area contributed by atoms with Gasteiger partial charge >= 0.3 is 0 Å². The van der Waals surface area contributed by atoms with Gasteiger partial charge in [0, 0.05) is 17.8 Å². The van der Waals surface area contributed by atoms with E-state index in [1.165, 1.54) is 37.8 Å². The van der Waals surface area contributed by atoms with Crippen molar-refractivity contribution in [3.63, 3.8) is 0 Å². The van der Waals surface area contributed by atoms with Crippen LogP contribution in [-0.4, -0.2) is 6.04 Å². The molecule has 1 fully saturated rings. The van der Waals surface area contributed by atoms with Gasteiger partial charge in [-0.05, 0) is 37.8 Å². The Morgan fingerprint density at radius 1 is 1.19 bits per heavy atom. The van der Waals surface area contributed by atoms with Crippen molar-refractivity contribution in [3.05, 3.63) is 29.8 Å². The fourth-order valence-corrected chi connectivity index (χ4v) is 2.42. The average molecular weight is 225 g/mol. The Balaban J connectivity index is 1.99. The van der Waals surface area contributed by atoms with E-state index >= 15 is 0 Å². The lowest BCUT2D eigenvalue weighted by Gasteiger charge is -2.21. The maximum absolute atomic E-state index is 13.0. The number of benzene rings is 1. The van der Waals surface area contributed by atoms with Crippen LogP contribution in [-0.2, 0) is 0 Å². The minimum Gasteiger partial charge on any atom is -0.382 e. The highest BCUT2D eigenvalue weighted by Gasteiger charge is 2.21. The summed E-state index contributed by atoms with van der Waals surface area (Å²) < 4.78 is 25.7. The second-order valence-electron chi connectivity index (χ2n) is 4.61. The second-order valence-corrected chi connectivity index (χ2v) is 4.61. The summed E-state index contributed by atoms with van der Waals surface area (Å²) in [6.45, 7) is 2.11. The van der Waals surface area contributed by atoms with E-state index in [-0.39, 0.29) is 0 Å². The SMILES string of the molecule is CC(Nc1ccc(F)c(F)c1)C1CCCC1. The normalized spacial score (nSPS) is 18.7. The van der Waals surface area contributed by atoms with Crippen LogP contribution in [0.25, 0.3) is 0 Å². The molecule has 0 aliphatic heterocycles. The molecule has 2 rings (SSSR count). The van der Waals surface area contributed by atoms with Gasteiger partial charge in [0.1, 0.15) is 0 Å². The Bertz CT molecular complexity index is 359. The van der Waals surface area contributed by atoms with Crippen molar-refractivity contribution >= 4 is 5.69 Å². The monoisotopic (exact) mass is 225 g/mol. The molecule has 0 saturated heterocycles. The van der Waals surface area contributed by atoms with Crippen LogP contribution in [0, 0.1) is 17.6 Å². The van der Waals surface area contributed by atoms with E-state index < -0.39 is 11.6 Å². The standard InChI is InChI=1S/C13H17F2N/c1-9(10-4-2-3-5-10)16-11-6-7-12(14)13(15)8-11/h6-10,16H,2-5H2,1H3. The Morgan fingerprint density at radius 2 is 1.88 bits per heavy atom. The third kappa shape index (κ3) is 2.52. The quantitative estimate of drug-likeness (QED) is 0.821. The van der Waals surface area contributed by atoms with Gasteiger partial charge in [-0.1, -0.05) is 12.8 Å². The highest BCUT2D eigenvalue weighted by molar-refractivity contribution is 5.44. The molecule has 3 heteroatoms. The maximum Gasteiger partial charge on any atom is 0.160 e. The van der Waals surface area contributed by atoms with Crippen LogP contribution in [0.4, 0.5) is 14.5 Å². The van der Waals surface area contributed by atoms with Crippen LogP contribution in [0.15, 0.2) is 18.2 Å². The molecule has 1 unspecified atom stereocenters. The summed E-state index contributed by atoms with van der Waals surface area (Å²) in [5.74, 6) is -0.921. The van der Waals surface area contributed by atoms with E-state index in [9.17, 15) is 8.78 Å². The molecule has 0 spiro atoms. The summed E-state index contributed by atoms with van der Waals surface area (Å²) in [6.07, 6.45) is 5.04. The van der Waals surface area contributed by atoms with Crippen molar-refractivity contribution in [2.75, 3.05) is 5.32 Å². The van der Waals surface area contributed by atoms with E-state index in [4.69, 9.17) is 0 Å². The van der Waals surface area contributed by atoms with Crippen molar-refractivity contribution in [1.29, 1.82) is 0 Å². The first-order chi connectivity index (χ1) is 7.66. The van der Waals surface area contributed by atoms with E-state index in [1.807, 2.05) is 0 Å². The fourth-order valence-electron chi connectivity index (χ4n) is 2.42. The van der Waals surface area contributed by atoms with E-state index in [2.05, 4.69) is 12.2 Å². The van der Waals surface area contributed by atoms with Crippen molar-refractivity contribution in [3.8, 4) is 0 Å². The molecule has 1 aliphatic rings. The Hall–Kier alpha value is -1.12. The predicted octanol–water partition coefficient (Wildman–Crippen LogP) is 3.96. The third-order valence-electron chi connectivity index (χ3n) is 3.42. The van der Waals surface area contributed by atoms with Crippen molar-refractivity contribution < 1.29 is 8.78 Å². The number of anilines is 1. The lowest BCUT2D eigenvalue weighted by Crippen LogP contribution is -2.23. The van der Waals surface area contributed by atoms with E-state index in [1.54, 1.807) is 6.07 Å². The fraction of sp³-hybridized carbons (Fsp3) is 0.538. The van der Waals surface area contributed by atoms with Crippen LogP contribution in [0.5, 0.6) is 0 Å². The number of halogens is 2. The maximum atomic E-state index is 13.0. The lowest BCUT2D eigenvalue weighted by atomic mass is 9.99. The molecule has 1 saturated carbocycles. The van der Waals surface area contributed by atoms with E-state index in [0.29, 0.717) is 17.6 Å². The molecule has 0 radical (unpaired) electrons. The van der Waals surface area contributed by atoms with Gasteiger partial charge in [0.05, 0.1) is 0 Å². The van der Waals surface area contributed by atoms with Crippen LogP contribution in [0.1, 0.15) is 32.6 Å². The Labute approximate surface area is 94.9 Å². The largest absolute Gasteiger partial charge is 0.382 e. The van der Waals surface area contributed by atoms with Gasteiger partial charge in [-0.3, -0.25) is 0 Å². The first-order valence-corrected chi connectivity index (χ1v) is 5.88. The van der Waals surface area contributed by atoms with Gasteiger partial charge < -0.3 is 5.32 Å². The molecule has 88 valence electrons. The highest BCUT2D eigenvalue weighted by atomic mass is 19.2. The zero-order valence-corrected chi connectivity index (χ0v) is 9.47. The molecule has 1 aromatic carbocycles. The topological polar surface area (TPSA) is 12.0 Å². The van der Waals surface area contributed by atoms with Gasteiger partial charge in [-0.25, -0.2) is 8.78 Å². The van der Waals surface area contributed by atoms with Crippen molar-refractivity contribution in [1.82, 2.24) is 0 Å². The minimum absolute atomic E-state index is 0.326. The number of hydrogen-bond donors (Lipinski definition) is 1. The van der Waals surface area contributed by atoms with Crippen molar-refractivity contribution in [2.45, 2.75) is 38.6 Å². The zero-order valence-electron chi connectivity index (χ0n) is 9.47. The van der Waals surface area contributed by atoms with Crippen LogP contribution < -0.4 is 5.32 Å². The minimum atomic E-state index is -0.793. The molecule has 0 aromatic heterocycles. The van der Waals surface area contributed by atoms with Gasteiger partial charge in [0.2, 0.25) is 0 Å². The van der Waals surface area contributed by atoms with Crippen molar-refractivity contribution in [2.24, 2.45) is 5.92 Å². The van der Waals surface area contributed by atoms with Crippen LogP contribution in [0.2, 0.25) is 0 Å². The summed E-state index contributed by atoms with van der Waals surface area (Å²) in [5.41, 5.74) is 0.665. The van der Waals surface area contributed by atoms with E-state index in [0.717, 1.165) is 0 Å². The molecule has 1 N–H and O–H groups in total. The number of rotatable bonds is 3. The van der Waals surface area contributed by atoms with Crippen LogP contribution >= 0.6 is 0 Å². The molecule has 0 heterocycles. The van der Waals surface area contributed by atoms with Gasteiger partial charge in [0.15, 0.2) is 11.6 Å². The molecule has 1 aliphatic carbocycles. The molecular formula is C13H17F2N. The first-order valence-electron chi connectivity index (χ1n) is 5.88. The molecular weight excluding hydrogens is 208 g/mol. The lowest BCUT2D eigenvalue weighted by molar-refractivity contribution is 0.480. The smallest absolute Gasteiger partial charge is 0.160 e. The molecule has 16 heavy (non-hydrogen) atoms. The van der Waals surface area contributed by atoms with Gasteiger partial charge in [0.25, 0.3) is 0 Å². The van der Waals surface area contributed by atoms with Gasteiger partial charge in [-0.2, -0.15) is 0 Å². The summed E-state index contributed by atoms with van der Waals surface area (Å²) in [6, 6.07) is 4.30. The summed E-state index contributed by atoms with van der Waals surface area (Å²) in [4.78, 5) is 0. The molecule has 1 nitrogen and oxygen atoms in total. The zero-order chi connectivity index (χ0) is 11.5. The molecule has 0 amide bonds. The Morgan fingerprint density at radius 3 is 2.50 bits per heavy atom. The summed E-state index contributed by atoms with van der Waals surface area (Å²) >= 11 is 0. The average Bonchev–Trinajstić information content (AvgIpc) is 2.77. The summed E-state index contributed by atoms with van der Waals surface area (Å²) in [7, 11) is 0. The van der Waals surface area contributed by atoms with Crippen LogP contribution in [0.3, 0.4) is 0 Å². The molecule has 0 bridgehead atoms. The number of hydrogen-bond acceptors (Lipinski definition) is 1. The molecule has 1 atom stereocenters. The Kier molecular flexibility index (Phi) is 3.42. The van der Waals surface area contributed by atoms with Gasteiger partial charge in [-0.15, -0.1) is 0 Å². The molecule has 1 aromatic rings. The predicted molar refractivity (Wildman–Crippen MR) is 61.4 cm³/mol. The third-order valence-corrected chi connectivity index (χ3v) is 3.42. The summed E-state index contributed by atoms with van der Waals surface area (Å²) in [5, 5.41) is 3.25. The second kappa shape index (κ2) is 4.81. The highest BCUT2D eigenvalue weighted by Crippen LogP contribution is 2.29. The first kappa shape index (κ1) is 11.4. The number of nitrogens with one attached hydrogen (secondary N) is 1.